The minimum absolute atomic E-state index is 0.366. The topological polar surface area (TPSA) is 59.6 Å². The van der Waals surface area contributed by atoms with Gasteiger partial charge in [0.1, 0.15) is 11.3 Å². The average molecular weight is 267 g/mol. The molecule has 0 saturated carbocycles. The highest BCUT2D eigenvalue weighted by Gasteiger charge is 2.02. The fourth-order valence-corrected chi connectivity index (χ4v) is 1.80. The first kappa shape index (κ1) is 12.2. The largest absolute Gasteiger partial charge is 0.497 e. The monoisotopic (exact) mass is 267 g/mol. The van der Waals surface area contributed by atoms with E-state index in [0.717, 1.165) is 22.4 Å². The van der Waals surface area contributed by atoms with E-state index in [1.807, 2.05) is 48.5 Å². The minimum Gasteiger partial charge on any atom is -0.497 e. The Hall–Kier alpha value is -2.82. The van der Waals surface area contributed by atoms with Crippen LogP contribution in [0.3, 0.4) is 0 Å². The molecule has 0 radical (unpaired) electrons. The number of hydrogen-bond donors (Lipinski definition) is 1. The molecule has 1 N–H and O–H groups in total. The van der Waals surface area contributed by atoms with Crippen molar-refractivity contribution in [1.29, 1.82) is 0 Å². The van der Waals surface area contributed by atoms with Crippen molar-refractivity contribution in [3.8, 4) is 5.75 Å². The summed E-state index contributed by atoms with van der Waals surface area (Å²) in [5.41, 5.74) is 5.22. The Balaban J connectivity index is 1.73. The van der Waals surface area contributed by atoms with E-state index in [4.69, 9.17) is 9.15 Å². The first-order chi connectivity index (χ1) is 9.85. The van der Waals surface area contributed by atoms with Gasteiger partial charge in [-0.15, -0.1) is 0 Å². The molecule has 1 heterocycles. The fraction of sp³-hybridized carbons (Fsp3) is 0.0667. The van der Waals surface area contributed by atoms with E-state index in [-0.39, 0.29) is 0 Å². The van der Waals surface area contributed by atoms with Gasteiger partial charge in [-0.1, -0.05) is 24.3 Å². The van der Waals surface area contributed by atoms with Gasteiger partial charge in [0.05, 0.1) is 13.3 Å². The number of fused-ring (bicyclic) bond motifs is 1. The molecule has 0 atom stereocenters. The predicted molar refractivity (Wildman–Crippen MR) is 78.2 cm³/mol. The summed E-state index contributed by atoms with van der Waals surface area (Å²) < 4.78 is 10.6. The van der Waals surface area contributed by atoms with Gasteiger partial charge < -0.3 is 9.15 Å². The van der Waals surface area contributed by atoms with Crippen molar-refractivity contribution in [3.63, 3.8) is 0 Å². The van der Waals surface area contributed by atoms with E-state index >= 15 is 0 Å². The molecule has 20 heavy (non-hydrogen) atoms. The number of aromatic nitrogens is 1. The van der Waals surface area contributed by atoms with Gasteiger partial charge >= 0.3 is 6.01 Å². The number of nitrogens with zero attached hydrogens (tertiary/aromatic N) is 2. The Bertz CT molecular complexity index is 716. The lowest BCUT2D eigenvalue weighted by Gasteiger charge is -1.99. The molecule has 2 aromatic carbocycles. The molecule has 0 saturated heterocycles. The fourth-order valence-electron chi connectivity index (χ4n) is 1.80. The third kappa shape index (κ3) is 2.61. The molecule has 3 rings (SSSR count). The zero-order chi connectivity index (χ0) is 13.8. The van der Waals surface area contributed by atoms with Crippen LogP contribution in [0.25, 0.3) is 11.1 Å². The van der Waals surface area contributed by atoms with Crippen LogP contribution in [0.4, 0.5) is 6.01 Å². The second-order valence-corrected chi connectivity index (χ2v) is 4.13. The van der Waals surface area contributed by atoms with Gasteiger partial charge in [-0.2, -0.15) is 10.1 Å². The Morgan fingerprint density at radius 1 is 1.20 bits per heavy atom. The van der Waals surface area contributed by atoms with Crippen LogP contribution in [0.2, 0.25) is 0 Å². The van der Waals surface area contributed by atoms with Crippen molar-refractivity contribution in [2.45, 2.75) is 0 Å². The third-order valence-electron chi connectivity index (χ3n) is 2.76. The van der Waals surface area contributed by atoms with E-state index in [1.165, 1.54) is 0 Å². The molecule has 0 aliphatic carbocycles. The molecule has 0 unspecified atom stereocenters. The number of methoxy groups -OCH3 is 1. The number of para-hydroxylation sites is 2. The highest BCUT2D eigenvalue weighted by molar-refractivity contribution is 5.81. The first-order valence-electron chi connectivity index (χ1n) is 6.14. The molecule has 100 valence electrons. The maximum Gasteiger partial charge on any atom is 0.316 e. The molecule has 3 aromatic rings. The minimum atomic E-state index is 0.366. The van der Waals surface area contributed by atoms with Crippen molar-refractivity contribution in [2.75, 3.05) is 12.5 Å². The van der Waals surface area contributed by atoms with Crippen LogP contribution in [0.15, 0.2) is 58.0 Å². The van der Waals surface area contributed by atoms with Gasteiger partial charge in [0.25, 0.3) is 0 Å². The molecular formula is C15H13N3O2. The Kier molecular flexibility index (Phi) is 3.33. The van der Waals surface area contributed by atoms with Crippen LogP contribution < -0.4 is 10.2 Å². The molecule has 0 aliphatic heterocycles. The molecule has 0 spiro atoms. The Morgan fingerprint density at radius 3 is 2.95 bits per heavy atom. The zero-order valence-electron chi connectivity index (χ0n) is 10.9. The van der Waals surface area contributed by atoms with Crippen molar-refractivity contribution in [1.82, 2.24) is 4.98 Å². The zero-order valence-corrected chi connectivity index (χ0v) is 10.9. The van der Waals surface area contributed by atoms with Gasteiger partial charge in [0, 0.05) is 0 Å². The standard InChI is InChI=1S/C15H13N3O2/c1-19-12-6-4-5-11(9-12)10-16-18-15-17-13-7-2-3-8-14(13)20-15/h2-10H,1H3,(H,17,18). The highest BCUT2D eigenvalue weighted by Crippen LogP contribution is 2.18. The number of ether oxygens (including phenoxy) is 1. The van der Waals surface area contributed by atoms with Gasteiger partial charge in [0.2, 0.25) is 0 Å². The van der Waals surface area contributed by atoms with E-state index in [2.05, 4.69) is 15.5 Å². The van der Waals surface area contributed by atoms with Crippen LogP contribution in [0.1, 0.15) is 5.56 Å². The number of hydrazone groups is 1. The smallest absolute Gasteiger partial charge is 0.316 e. The molecule has 1 aromatic heterocycles. The number of nitrogens with one attached hydrogen (secondary N) is 1. The molecule has 5 nitrogen and oxygen atoms in total. The van der Waals surface area contributed by atoms with Gasteiger partial charge in [-0.25, -0.2) is 5.43 Å². The summed E-state index contributed by atoms with van der Waals surface area (Å²) >= 11 is 0. The first-order valence-corrected chi connectivity index (χ1v) is 6.14. The van der Waals surface area contributed by atoms with E-state index in [1.54, 1.807) is 13.3 Å². The van der Waals surface area contributed by atoms with E-state index in [9.17, 15) is 0 Å². The van der Waals surface area contributed by atoms with Crippen LogP contribution in [0.5, 0.6) is 5.75 Å². The third-order valence-corrected chi connectivity index (χ3v) is 2.76. The lowest BCUT2D eigenvalue weighted by molar-refractivity contribution is 0.415. The summed E-state index contributed by atoms with van der Waals surface area (Å²) in [5, 5.41) is 4.10. The number of hydrogen-bond acceptors (Lipinski definition) is 5. The maximum atomic E-state index is 5.49. The van der Waals surface area contributed by atoms with Crippen molar-refractivity contribution in [3.05, 3.63) is 54.1 Å². The summed E-state index contributed by atoms with van der Waals surface area (Å²) in [6.07, 6.45) is 1.68. The maximum absolute atomic E-state index is 5.49. The SMILES string of the molecule is COc1cccc(C=NNc2nc3ccccc3o2)c1. The second-order valence-electron chi connectivity index (χ2n) is 4.13. The molecule has 5 heteroatoms. The number of rotatable bonds is 4. The quantitative estimate of drug-likeness (QED) is 0.582. The molecule has 0 fully saturated rings. The number of anilines is 1. The number of benzene rings is 2. The summed E-state index contributed by atoms with van der Waals surface area (Å²) in [6, 6.07) is 15.5. The van der Waals surface area contributed by atoms with Crippen LogP contribution in [-0.2, 0) is 0 Å². The van der Waals surface area contributed by atoms with Gasteiger partial charge in [-0.3, -0.25) is 0 Å². The summed E-state index contributed by atoms with van der Waals surface area (Å²) in [6.45, 7) is 0. The van der Waals surface area contributed by atoms with Crippen LogP contribution in [-0.4, -0.2) is 18.3 Å². The average Bonchev–Trinajstić information content (AvgIpc) is 2.90. The number of oxazole rings is 1. The lowest BCUT2D eigenvalue weighted by atomic mass is 10.2. The van der Waals surface area contributed by atoms with Crippen LogP contribution >= 0.6 is 0 Å². The second kappa shape index (κ2) is 5.44. The van der Waals surface area contributed by atoms with Crippen molar-refractivity contribution < 1.29 is 9.15 Å². The summed E-state index contributed by atoms with van der Waals surface area (Å²) in [7, 11) is 1.63. The van der Waals surface area contributed by atoms with Crippen LogP contribution in [0, 0.1) is 0 Å². The Labute approximate surface area is 115 Å². The van der Waals surface area contributed by atoms with Gasteiger partial charge in [-0.05, 0) is 29.8 Å². The summed E-state index contributed by atoms with van der Waals surface area (Å²) in [5.74, 6) is 0.788. The molecule has 0 bridgehead atoms. The van der Waals surface area contributed by atoms with Gasteiger partial charge in [0.15, 0.2) is 5.58 Å². The lowest BCUT2D eigenvalue weighted by Crippen LogP contribution is -1.91. The molecule has 0 aliphatic rings. The van der Waals surface area contributed by atoms with Crippen molar-refractivity contribution >= 4 is 23.3 Å². The van der Waals surface area contributed by atoms with E-state index in [0.29, 0.717) is 6.01 Å². The van der Waals surface area contributed by atoms with Crippen molar-refractivity contribution in [2.24, 2.45) is 5.10 Å². The highest BCUT2D eigenvalue weighted by atomic mass is 16.5. The molecule has 0 amide bonds. The molecular weight excluding hydrogens is 254 g/mol. The Morgan fingerprint density at radius 2 is 2.10 bits per heavy atom. The normalized spacial score (nSPS) is 11.1. The predicted octanol–water partition coefficient (Wildman–Crippen LogP) is 3.28. The van der Waals surface area contributed by atoms with E-state index < -0.39 is 0 Å². The summed E-state index contributed by atoms with van der Waals surface area (Å²) in [4.78, 5) is 4.26.